The van der Waals surface area contributed by atoms with E-state index in [0.29, 0.717) is 0 Å². The number of carbonyl (C=O) groups is 1. The SMILES string of the molecule is C1CSCSC1.CCC(=O)O. The molecule has 0 aromatic carbocycles. The molecule has 11 heavy (non-hydrogen) atoms. The molecule has 1 N–H and O–H groups in total. The van der Waals surface area contributed by atoms with E-state index < -0.39 is 5.97 Å². The van der Waals surface area contributed by atoms with E-state index in [4.69, 9.17) is 5.11 Å². The lowest BCUT2D eigenvalue weighted by Crippen LogP contribution is -1.90. The lowest BCUT2D eigenvalue weighted by atomic mass is 10.5. The molecule has 1 aliphatic heterocycles. The fourth-order valence-electron chi connectivity index (χ4n) is 0.440. The zero-order chi connectivity index (χ0) is 8.53. The highest BCUT2D eigenvalue weighted by atomic mass is 32.2. The summed E-state index contributed by atoms with van der Waals surface area (Å²) in [6.45, 7) is 1.60. The molecule has 0 radical (unpaired) electrons. The smallest absolute Gasteiger partial charge is 0.303 e. The second-order valence-corrected chi connectivity index (χ2v) is 4.61. The van der Waals surface area contributed by atoms with Gasteiger partial charge in [0, 0.05) is 11.5 Å². The number of hydrogen-bond acceptors (Lipinski definition) is 3. The van der Waals surface area contributed by atoms with Crippen LogP contribution < -0.4 is 0 Å². The Morgan fingerprint density at radius 1 is 1.45 bits per heavy atom. The first-order valence-electron chi connectivity index (χ1n) is 3.64. The van der Waals surface area contributed by atoms with Gasteiger partial charge in [-0.15, -0.1) is 0 Å². The van der Waals surface area contributed by atoms with E-state index in [9.17, 15) is 4.79 Å². The fraction of sp³-hybridized carbons (Fsp3) is 0.857. The molecule has 4 heteroatoms. The average molecular weight is 194 g/mol. The Morgan fingerprint density at radius 3 is 2.00 bits per heavy atom. The van der Waals surface area contributed by atoms with E-state index in [-0.39, 0.29) is 6.42 Å². The number of carboxylic acids is 1. The van der Waals surface area contributed by atoms with Crippen molar-refractivity contribution >= 4 is 29.5 Å². The van der Waals surface area contributed by atoms with Crippen molar-refractivity contribution in [2.45, 2.75) is 19.8 Å². The van der Waals surface area contributed by atoms with Crippen LogP contribution in [0.1, 0.15) is 19.8 Å². The van der Waals surface area contributed by atoms with Gasteiger partial charge in [-0.2, -0.15) is 23.5 Å². The molecule has 1 rings (SSSR count). The summed E-state index contributed by atoms with van der Waals surface area (Å²) in [6, 6.07) is 0. The van der Waals surface area contributed by atoms with E-state index in [0.717, 1.165) is 0 Å². The maximum absolute atomic E-state index is 9.37. The van der Waals surface area contributed by atoms with Gasteiger partial charge in [-0.25, -0.2) is 0 Å². The van der Waals surface area contributed by atoms with Gasteiger partial charge in [0.15, 0.2) is 0 Å². The molecule has 1 aliphatic rings. The summed E-state index contributed by atoms with van der Waals surface area (Å²) < 4.78 is 0. The van der Waals surface area contributed by atoms with Crippen molar-refractivity contribution in [1.29, 1.82) is 0 Å². The quantitative estimate of drug-likeness (QED) is 0.695. The van der Waals surface area contributed by atoms with Crippen LogP contribution in [0.25, 0.3) is 0 Å². The van der Waals surface area contributed by atoms with Crippen LogP contribution in [0.15, 0.2) is 0 Å². The first kappa shape index (κ1) is 11.2. The maximum Gasteiger partial charge on any atom is 0.303 e. The highest BCUT2D eigenvalue weighted by Gasteiger charge is 1.95. The van der Waals surface area contributed by atoms with Gasteiger partial charge in [0.25, 0.3) is 0 Å². The van der Waals surface area contributed by atoms with Gasteiger partial charge in [-0.1, -0.05) is 6.92 Å². The number of hydrogen-bond donors (Lipinski definition) is 1. The van der Waals surface area contributed by atoms with Gasteiger partial charge in [0.05, 0.1) is 0 Å². The standard InChI is InChI=1S/C4H8S2.C3H6O2/c1-2-5-4-6-3-1;1-2-3(4)5/h1-4H2;2H2,1H3,(H,4,5). The Hall–Kier alpha value is 0.170. The molecule has 0 spiro atoms. The molecular formula is C7H14O2S2. The van der Waals surface area contributed by atoms with Crippen molar-refractivity contribution in [2.75, 3.05) is 16.6 Å². The van der Waals surface area contributed by atoms with Gasteiger partial charge in [-0.05, 0) is 17.9 Å². The van der Waals surface area contributed by atoms with E-state index in [1.54, 1.807) is 6.92 Å². The molecule has 0 unspecified atom stereocenters. The minimum absolute atomic E-state index is 0.222. The fourth-order valence-corrected chi connectivity index (χ4v) is 2.73. The average Bonchev–Trinajstić information content (AvgIpc) is 2.09. The molecule has 2 nitrogen and oxygen atoms in total. The Labute approximate surface area is 76.1 Å². The second kappa shape index (κ2) is 8.27. The van der Waals surface area contributed by atoms with Crippen molar-refractivity contribution in [3.8, 4) is 0 Å². The van der Waals surface area contributed by atoms with Crippen LogP contribution in [-0.4, -0.2) is 27.7 Å². The molecule has 66 valence electrons. The van der Waals surface area contributed by atoms with E-state index in [1.165, 1.54) is 23.0 Å². The van der Waals surface area contributed by atoms with E-state index in [1.807, 2.05) is 0 Å². The molecule has 0 aliphatic carbocycles. The largest absolute Gasteiger partial charge is 0.481 e. The summed E-state index contributed by atoms with van der Waals surface area (Å²) in [5, 5.41) is 9.06. The minimum atomic E-state index is -0.745. The highest BCUT2D eigenvalue weighted by Crippen LogP contribution is 2.19. The monoisotopic (exact) mass is 194 g/mol. The number of carboxylic acid groups (broad SMARTS) is 1. The van der Waals surface area contributed by atoms with Gasteiger partial charge < -0.3 is 5.11 Å². The Balaban J connectivity index is 0.000000187. The molecule has 0 amide bonds. The summed E-state index contributed by atoms with van der Waals surface area (Å²) in [5.41, 5.74) is 0. The van der Waals surface area contributed by atoms with Crippen molar-refractivity contribution in [1.82, 2.24) is 0 Å². The summed E-state index contributed by atoms with van der Waals surface area (Å²) >= 11 is 4.12. The third-order valence-electron chi connectivity index (χ3n) is 1.05. The van der Waals surface area contributed by atoms with Crippen LogP contribution in [-0.2, 0) is 4.79 Å². The first-order chi connectivity index (χ1) is 5.27. The van der Waals surface area contributed by atoms with E-state index >= 15 is 0 Å². The normalized spacial score (nSPS) is 16.5. The number of thioether (sulfide) groups is 2. The lowest BCUT2D eigenvalue weighted by Gasteiger charge is -2.05. The molecule has 0 aromatic rings. The zero-order valence-electron chi connectivity index (χ0n) is 6.71. The van der Waals surface area contributed by atoms with Crippen molar-refractivity contribution < 1.29 is 9.90 Å². The molecular weight excluding hydrogens is 180 g/mol. The van der Waals surface area contributed by atoms with Gasteiger partial charge in [0.1, 0.15) is 0 Å². The molecule has 0 bridgehead atoms. The Morgan fingerprint density at radius 2 is 1.91 bits per heavy atom. The van der Waals surface area contributed by atoms with Gasteiger partial charge in [-0.3, -0.25) is 4.79 Å². The predicted molar refractivity (Wildman–Crippen MR) is 52.3 cm³/mol. The van der Waals surface area contributed by atoms with Crippen LogP contribution in [0.4, 0.5) is 0 Å². The van der Waals surface area contributed by atoms with Crippen LogP contribution in [0.3, 0.4) is 0 Å². The predicted octanol–water partition coefficient (Wildman–Crippen LogP) is 2.29. The van der Waals surface area contributed by atoms with Crippen LogP contribution >= 0.6 is 23.5 Å². The molecule has 1 fully saturated rings. The number of aliphatic carboxylic acids is 1. The highest BCUT2D eigenvalue weighted by molar-refractivity contribution is 8.16. The topological polar surface area (TPSA) is 37.3 Å². The molecule has 0 saturated carbocycles. The third kappa shape index (κ3) is 10.2. The zero-order valence-corrected chi connectivity index (χ0v) is 8.34. The van der Waals surface area contributed by atoms with Crippen LogP contribution in [0, 0.1) is 0 Å². The van der Waals surface area contributed by atoms with Crippen LogP contribution in [0.5, 0.6) is 0 Å². The Kier molecular flexibility index (Phi) is 8.40. The van der Waals surface area contributed by atoms with E-state index in [2.05, 4.69) is 23.5 Å². The maximum atomic E-state index is 9.37. The molecule has 1 heterocycles. The molecule has 0 atom stereocenters. The van der Waals surface area contributed by atoms with Crippen molar-refractivity contribution in [3.05, 3.63) is 0 Å². The van der Waals surface area contributed by atoms with Crippen molar-refractivity contribution in [2.24, 2.45) is 0 Å². The summed E-state index contributed by atoms with van der Waals surface area (Å²) in [6.07, 6.45) is 1.65. The summed E-state index contributed by atoms with van der Waals surface area (Å²) in [4.78, 5) is 9.37. The minimum Gasteiger partial charge on any atom is -0.481 e. The molecule has 1 saturated heterocycles. The van der Waals surface area contributed by atoms with Crippen molar-refractivity contribution in [3.63, 3.8) is 0 Å². The third-order valence-corrected chi connectivity index (χ3v) is 3.53. The lowest BCUT2D eigenvalue weighted by molar-refractivity contribution is -0.136. The van der Waals surface area contributed by atoms with Crippen LogP contribution in [0.2, 0.25) is 0 Å². The first-order valence-corrected chi connectivity index (χ1v) is 5.95. The number of rotatable bonds is 1. The summed E-state index contributed by atoms with van der Waals surface area (Å²) in [5.74, 6) is 2.05. The molecule has 0 aromatic heterocycles. The summed E-state index contributed by atoms with van der Waals surface area (Å²) in [7, 11) is 0. The van der Waals surface area contributed by atoms with Gasteiger partial charge >= 0.3 is 5.97 Å². The van der Waals surface area contributed by atoms with Gasteiger partial charge in [0.2, 0.25) is 0 Å². The Bertz CT molecular complexity index is 91.1. The second-order valence-electron chi connectivity index (χ2n) is 2.04.